The maximum atomic E-state index is 12.3. The fraction of sp³-hybridized carbons (Fsp3) is 0.818. The number of ether oxygens (including phenoxy) is 2. The minimum absolute atomic E-state index is 0.257. The number of carbonyl (C=O) groups is 2. The number of alkyl carbamates (subject to hydrolysis) is 1. The van der Waals surface area contributed by atoms with E-state index in [0.717, 1.165) is 7.11 Å². The van der Waals surface area contributed by atoms with Gasteiger partial charge in [-0.15, -0.1) is 0 Å². The molecule has 0 saturated carbocycles. The van der Waals surface area contributed by atoms with Crippen LogP contribution in [0.5, 0.6) is 0 Å². The summed E-state index contributed by atoms with van der Waals surface area (Å²) in [6.07, 6.45) is -2.27. The third kappa shape index (κ3) is 6.39. The van der Waals surface area contributed by atoms with Crippen molar-refractivity contribution in [3.63, 3.8) is 0 Å². The topological polar surface area (TPSA) is 84.9 Å². The van der Waals surface area contributed by atoms with E-state index in [2.05, 4.69) is 10.1 Å². The van der Waals surface area contributed by atoms with E-state index in [-0.39, 0.29) is 6.54 Å². The zero-order chi connectivity index (χ0) is 14.3. The highest BCUT2D eigenvalue weighted by Crippen LogP contribution is 2.09. The van der Waals surface area contributed by atoms with Gasteiger partial charge in [0, 0.05) is 6.54 Å². The molecular weight excluding hydrogens is 245 g/mol. The van der Waals surface area contributed by atoms with Crippen LogP contribution in [0.15, 0.2) is 0 Å². The Morgan fingerprint density at radius 3 is 2.33 bits per heavy atom. The summed E-state index contributed by atoms with van der Waals surface area (Å²) in [6.45, 7) is 3.69. The summed E-state index contributed by atoms with van der Waals surface area (Å²) in [5.74, 6) is -1.95. The van der Waals surface area contributed by atoms with Gasteiger partial charge in [-0.25, -0.2) is 9.18 Å². The molecule has 0 aromatic heterocycles. The molecule has 1 amide bonds. The molecule has 0 bridgehead atoms. The molecule has 2 atom stereocenters. The first-order valence-electron chi connectivity index (χ1n) is 5.50. The van der Waals surface area contributed by atoms with Crippen LogP contribution in [0.2, 0.25) is 0 Å². The quantitative estimate of drug-likeness (QED) is 0.712. The molecule has 106 valence electrons. The molecule has 0 saturated heterocycles. The van der Waals surface area contributed by atoms with Crippen molar-refractivity contribution < 1.29 is 28.6 Å². The van der Waals surface area contributed by atoms with E-state index in [1.807, 2.05) is 0 Å². The number of alkyl halides is 1. The van der Waals surface area contributed by atoms with Crippen LogP contribution in [-0.4, -0.2) is 49.2 Å². The molecule has 0 aliphatic rings. The first-order valence-corrected chi connectivity index (χ1v) is 5.50. The van der Waals surface area contributed by atoms with Crippen molar-refractivity contribution in [1.29, 1.82) is 0 Å². The van der Waals surface area contributed by atoms with Crippen LogP contribution in [0.25, 0.3) is 0 Å². The van der Waals surface area contributed by atoms with Crippen molar-refractivity contribution in [2.24, 2.45) is 5.92 Å². The van der Waals surface area contributed by atoms with E-state index in [9.17, 15) is 19.1 Å². The SMILES string of the molecule is COC(=O)[C@@H](CNC(=O)OC(C)(C)C)[C@H](O)CF. The average molecular weight is 265 g/mol. The third-order valence-electron chi connectivity index (χ3n) is 1.99. The van der Waals surface area contributed by atoms with E-state index in [4.69, 9.17) is 4.74 Å². The number of carbonyl (C=O) groups excluding carboxylic acids is 2. The molecule has 7 heteroatoms. The third-order valence-corrected chi connectivity index (χ3v) is 1.99. The molecule has 0 fully saturated rings. The maximum Gasteiger partial charge on any atom is 0.407 e. The van der Waals surface area contributed by atoms with Crippen LogP contribution in [0.3, 0.4) is 0 Å². The van der Waals surface area contributed by atoms with Crippen molar-refractivity contribution in [3.05, 3.63) is 0 Å². The second kappa shape index (κ2) is 7.15. The summed E-state index contributed by atoms with van der Waals surface area (Å²) in [7, 11) is 1.12. The molecule has 0 unspecified atom stereocenters. The molecule has 0 aromatic rings. The lowest BCUT2D eigenvalue weighted by Gasteiger charge is -2.22. The zero-order valence-corrected chi connectivity index (χ0v) is 11.0. The lowest BCUT2D eigenvalue weighted by Crippen LogP contribution is -2.42. The van der Waals surface area contributed by atoms with Crippen LogP contribution >= 0.6 is 0 Å². The zero-order valence-electron chi connectivity index (χ0n) is 11.0. The maximum absolute atomic E-state index is 12.3. The minimum Gasteiger partial charge on any atom is -0.469 e. The number of hydrogen-bond donors (Lipinski definition) is 2. The smallest absolute Gasteiger partial charge is 0.407 e. The van der Waals surface area contributed by atoms with Gasteiger partial charge in [-0.05, 0) is 20.8 Å². The van der Waals surface area contributed by atoms with Gasteiger partial charge in [-0.1, -0.05) is 0 Å². The number of aliphatic hydroxyl groups is 1. The Morgan fingerprint density at radius 2 is 1.94 bits per heavy atom. The summed E-state index contributed by atoms with van der Waals surface area (Å²) in [5, 5.41) is 11.6. The van der Waals surface area contributed by atoms with Gasteiger partial charge < -0.3 is 19.9 Å². The summed E-state index contributed by atoms with van der Waals surface area (Å²) in [6, 6.07) is 0. The lowest BCUT2D eigenvalue weighted by molar-refractivity contribution is -0.149. The fourth-order valence-electron chi connectivity index (χ4n) is 1.14. The van der Waals surface area contributed by atoms with Crippen molar-refractivity contribution in [1.82, 2.24) is 5.32 Å². The van der Waals surface area contributed by atoms with E-state index in [0.29, 0.717) is 0 Å². The van der Waals surface area contributed by atoms with E-state index in [1.165, 1.54) is 0 Å². The number of nitrogens with one attached hydrogen (secondary N) is 1. The van der Waals surface area contributed by atoms with Gasteiger partial charge in [0.05, 0.1) is 13.2 Å². The second-order valence-corrected chi connectivity index (χ2v) is 4.73. The summed E-state index contributed by atoms with van der Waals surface area (Å²) in [4.78, 5) is 22.6. The molecule has 0 radical (unpaired) electrons. The molecule has 0 aliphatic heterocycles. The first kappa shape index (κ1) is 16.6. The molecule has 0 aliphatic carbocycles. The van der Waals surface area contributed by atoms with E-state index in [1.54, 1.807) is 20.8 Å². The largest absolute Gasteiger partial charge is 0.469 e. The Morgan fingerprint density at radius 1 is 1.39 bits per heavy atom. The summed E-state index contributed by atoms with van der Waals surface area (Å²) < 4.78 is 21.7. The highest BCUT2D eigenvalue weighted by molar-refractivity contribution is 5.74. The molecule has 6 nitrogen and oxygen atoms in total. The van der Waals surface area contributed by atoms with E-state index >= 15 is 0 Å². The minimum atomic E-state index is -1.52. The molecule has 0 rings (SSSR count). The molecule has 0 heterocycles. The predicted molar refractivity (Wildman–Crippen MR) is 61.7 cm³/mol. The van der Waals surface area contributed by atoms with Gasteiger partial charge in [0.2, 0.25) is 0 Å². The number of hydrogen-bond acceptors (Lipinski definition) is 5. The fourth-order valence-corrected chi connectivity index (χ4v) is 1.14. The number of rotatable bonds is 5. The first-order chi connectivity index (χ1) is 8.21. The summed E-state index contributed by atoms with van der Waals surface area (Å²) in [5.41, 5.74) is -0.677. The average Bonchev–Trinajstić information content (AvgIpc) is 2.25. The highest BCUT2D eigenvalue weighted by atomic mass is 19.1. The molecule has 0 spiro atoms. The van der Waals surface area contributed by atoms with Crippen molar-refractivity contribution in [3.8, 4) is 0 Å². The Balaban J connectivity index is 4.35. The van der Waals surface area contributed by atoms with Gasteiger partial charge in [-0.2, -0.15) is 0 Å². The van der Waals surface area contributed by atoms with Gasteiger partial charge in [0.1, 0.15) is 18.2 Å². The number of amides is 1. The van der Waals surface area contributed by atoms with Crippen LogP contribution in [-0.2, 0) is 14.3 Å². The Bertz CT molecular complexity index is 290. The van der Waals surface area contributed by atoms with Crippen molar-refractivity contribution in [2.45, 2.75) is 32.5 Å². The normalized spacial score (nSPS) is 14.6. The Kier molecular flexibility index (Phi) is 6.61. The highest BCUT2D eigenvalue weighted by Gasteiger charge is 2.29. The lowest BCUT2D eigenvalue weighted by atomic mass is 10.0. The molecular formula is C11H20FNO5. The standard InChI is InChI=1S/C11H20FNO5/c1-11(2,3)18-10(16)13-6-7(8(14)5-12)9(15)17-4/h7-8,14H,5-6H2,1-4H3,(H,13,16)/t7-,8+/m0/s1. The molecule has 2 N–H and O–H groups in total. The van der Waals surface area contributed by atoms with Gasteiger partial charge in [0.25, 0.3) is 0 Å². The number of methoxy groups -OCH3 is 1. The number of aliphatic hydroxyl groups excluding tert-OH is 1. The van der Waals surface area contributed by atoms with Crippen molar-refractivity contribution >= 4 is 12.1 Å². The van der Waals surface area contributed by atoms with Crippen LogP contribution in [0.4, 0.5) is 9.18 Å². The van der Waals surface area contributed by atoms with Crippen molar-refractivity contribution in [2.75, 3.05) is 20.3 Å². The second-order valence-electron chi connectivity index (χ2n) is 4.73. The predicted octanol–water partition coefficient (Wildman–Crippen LogP) is 0.631. The van der Waals surface area contributed by atoms with E-state index < -0.39 is 36.4 Å². The van der Waals surface area contributed by atoms with Gasteiger partial charge in [-0.3, -0.25) is 4.79 Å². The van der Waals surface area contributed by atoms with Crippen LogP contribution in [0, 0.1) is 5.92 Å². The molecule has 0 aromatic carbocycles. The monoisotopic (exact) mass is 265 g/mol. The summed E-state index contributed by atoms with van der Waals surface area (Å²) >= 11 is 0. The van der Waals surface area contributed by atoms with Crippen LogP contribution < -0.4 is 5.32 Å². The van der Waals surface area contributed by atoms with Gasteiger partial charge in [0.15, 0.2) is 0 Å². The number of halogens is 1. The Labute approximate surface area is 105 Å². The van der Waals surface area contributed by atoms with Gasteiger partial charge >= 0.3 is 12.1 Å². The van der Waals surface area contributed by atoms with Crippen LogP contribution in [0.1, 0.15) is 20.8 Å². The molecule has 18 heavy (non-hydrogen) atoms. The Hall–Kier alpha value is -1.37. The number of esters is 1.